The van der Waals surface area contributed by atoms with Gasteiger partial charge in [0.05, 0.1) is 18.9 Å². The van der Waals surface area contributed by atoms with E-state index in [-0.39, 0.29) is 11.3 Å². The van der Waals surface area contributed by atoms with Crippen molar-refractivity contribution < 1.29 is 24.2 Å². The SMILES string of the molecule is COc1cc(-c2nc3ccc(Br)cn3c2N=Cc2ccc(-c3ccc(C(=O)O)cc3)o2)ccc1O. The van der Waals surface area contributed by atoms with Gasteiger partial charge in [-0.3, -0.25) is 4.40 Å². The molecular weight excluding hydrogens is 514 g/mol. The molecule has 0 bridgehead atoms. The quantitative estimate of drug-likeness (QED) is 0.253. The third-order valence-electron chi connectivity index (χ3n) is 5.37. The Balaban J connectivity index is 1.54. The number of pyridine rings is 1. The molecule has 3 heterocycles. The summed E-state index contributed by atoms with van der Waals surface area (Å²) in [6.07, 6.45) is 3.47. The van der Waals surface area contributed by atoms with E-state index in [0.717, 1.165) is 15.6 Å². The van der Waals surface area contributed by atoms with Gasteiger partial charge in [0.25, 0.3) is 0 Å². The molecular formula is C26H18BrN3O5. The average molecular weight is 532 g/mol. The summed E-state index contributed by atoms with van der Waals surface area (Å²) in [5.41, 5.74) is 2.99. The Bertz CT molecular complexity index is 1580. The Labute approximate surface area is 207 Å². The van der Waals surface area contributed by atoms with Gasteiger partial charge in [-0.15, -0.1) is 0 Å². The number of nitrogens with zero attached hydrogens (tertiary/aromatic N) is 3. The van der Waals surface area contributed by atoms with Crippen molar-refractivity contribution in [3.63, 3.8) is 0 Å². The number of hydrogen-bond acceptors (Lipinski definition) is 6. The number of fused-ring (bicyclic) bond motifs is 1. The number of carbonyl (C=O) groups is 1. The van der Waals surface area contributed by atoms with Crippen LogP contribution in [-0.2, 0) is 0 Å². The van der Waals surface area contributed by atoms with E-state index in [0.29, 0.717) is 34.4 Å². The largest absolute Gasteiger partial charge is 0.504 e. The van der Waals surface area contributed by atoms with Crippen molar-refractivity contribution in [3.05, 3.63) is 88.7 Å². The lowest BCUT2D eigenvalue weighted by Crippen LogP contribution is -1.94. The minimum Gasteiger partial charge on any atom is -0.504 e. The number of phenols is 1. The number of aliphatic imine (C=N–C) groups is 1. The van der Waals surface area contributed by atoms with E-state index in [1.165, 1.54) is 19.2 Å². The molecule has 0 atom stereocenters. The highest BCUT2D eigenvalue weighted by atomic mass is 79.9. The van der Waals surface area contributed by atoms with Crippen LogP contribution in [0.15, 0.2) is 86.8 Å². The number of carboxylic acid groups (broad SMARTS) is 1. The van der Waals surface area contributed by atoms with Crippen molar-refractivity contribution in [2.45, 2.75) is 0 Å². The molecule has 35 heavy (non-hydrogen) atoms. The Morgan fingerprint density at radius 3 is 2.60 bits per heavy atom. The lowest BCUT2D eigenvalue weighted by molar-refractivity contribution is 0.0697. The molecule has 0 radical (unpaired) electrons. The molecule has 3 aromatic heterocycles. The first-order chi connectivity index (χ1) is 16.9. The Morgan fingerprint density at radius 1 is 1.09 bits per heavy atom. The second-order valence-electron chi connectivity index (χ2n) is 7.59. The number of halogens is 1. The van der Waals surface area contributed by atoms with Gasteiger partial charge < -0.3 is 19.4 Å². The van der Waals surface area contributed by atoms with E-state index >= 15 is 0 Å². The summed E-state index contributed by atoms with van der Waals surface area (Å²) in [6, 6.07) is 18.8. The summed E-state index contributed by atoms with van der Waals surface area (Å²) >= 11 is 3.49. The molecule has 0 fully saturated rings. The number of ether oxygens (including phenoxy) is 1. The second-order valence-corrected chi connectivity index (χ2v) is 8.50. The first-order valence-electron chi connectivity index (χ1n) is 10.5. The van der Waals surface area contributed by atoms with Crippen molar-refractivity contribution >= 4 is 39.6 Å². The summed E-state index contributed by atoms with van der Waals surface area (Å²) in [5.74, 6) is 1.06. The van der Waals surface area contributed by atoms with Crippen molar-refractivity contribution in [2.75, 3.05) is 7.11 Å². The lowest BCUT2D eigenvalue weighted by atomic mass is 10.1. The van der Waals surface area contributed by atoms with Gasteiger partial charge in [-0.05, 0) is 70.5 Å². The van der Waals surface area contributed by atoms with E-state index < -0.39 is 5.97 Å². The highest BCUT2D eigenvalue weighted by Gasteiger charge is 2.16. The van der Waals surface area contributed by atoms with Crippen molar-refractivity contribution in [1.29, 1.82) is 0 Å². The summed E-state index contributed by atoms with van der Waals surface area (Å²) in [7, 11) is 1.49. The molecule has 0 saturated heterocycles. The highest BCUT2D eigenvalue weighted by Crippen LogP contribution is 2.36. The first kappa shape index (κ1) is 22.4. The van der Waals surface area contributed by atoms with Gasteiger partial charge in [0.2, 0.25) is 0 Å². The standard InChI is InChI=1S/C26H18BrN3O5/c1-34-22-12-17(6-9-20(22)31)24-25(30-14-18(27)7-11-23(30)29-24)28-13-19-8-10-21(35-19)15-2-4-16(5-3-15)26(32)33/h2-14,31H,1H3,(H,32,33). The molecule has 5 aromatic rings. The molecule has 0 saturated carbocycles. The number of methoxy groups -OCH3 is 1. The van der Waals surface area contributed by atoms with E-state index in [9.17, 15) is 9.90 Å². The Hall–Kier alpha value is -4.37. The smallest absolute Gasteiger partial charge is 0.335 e. The van der Waals surface area contributed by atoms with Crippen LogP contribution in [0.25, 0.3) is 28.2 Å². The fraction of sp³-hybridized carbons (Fsp3) is 0.0385. The van der Waals surface area contributed by atoms with E-state index in [1.807, 2.05) is 22.7 Å². The molecule has 0 spiro atoms. The van der Waals surface area contributed by atoms with Crippen LogP contribution in [0, 0.1) is 0 Å². The predicted molar refractivity (Wildman–Crippen MR) is 135 cm³/mol. The predicted octanol–water partition coefficient (Wildman–Crippen LogP) is 6.19. The number of benzene rings is 2. The van der Waals surface area contributed by atoms with Gasteiger partial charge in [0.15, 0.2) is 17.3 Å². The van der Waals surface area contributed by atoms with Crippen molar-refractivity contribution in [2.24, 2.45) is 4.99 Å². The molecule has 2 N–H and O–H groups in total. The van der Waals surface area contributed by atoms with Gasteiger partial charge in [-0.25, -0.2) is 14.8 Å². The number of aromatic carboxylic acids is 1. The molecule has 0 aliphatic rings. The fourth-order valence-corrected chi connectivity index (χ4v) is 3.96. The van der Waals surface area contributed by atoms with Gasteiger partial charge in [0, 0.05) is 21.8 Å². The molecule has 0 aliphatic carbocycles. The average Bonchev–Trinajstić information content (AvgIpc) is 3.47. The van der Waals surface area contributed by atoms with Crippen molar-refractivity contribution in [3.8, 4) is 34.1 Å². The van der Waals surface area contributed by atoms with Crippen molar-refractivity contribution in [1.82, 2.24) is 9.38 Å². The third-order valence-corrected chi connectivity index (χ3v) is 5.84. The number of furan rings is 1. The topological polar surface area (TPSA) is 110 Å². The molecule has 0 amide bonds. The number of imidazole rings is 1. The monoisotopic (exact) mass is 531 g/mol. The van der Waals surface area contributed by atoms with Crippen LogP contribution in [0.2, 0.25) is 0 Å². The number of aromatic nitrogens is 2. The zero-order valence-electron chi connectivity index (χ0n) is 18.3. The summed E-state index contributed by atoms with van der Waals surface area (Å²) in [5, 5.41) is 19.1. The minimum atomic E-state index is -0.981. The van der Waals surface area contributed by atoms with Gasteiger partial charge >= 0.3 is 5.97 Å². The number of phenolic OH excluding ortho intramolecular Hbond substituents is 1. The molecule has 5 rings (SSSR count). The molecule has 0 aliphatic heterocycles. The maximum Gasteiger partial charge on any atom is 0.335 e. The van der Waals surface area contributed by atoms with Crippen LogP contribution in [-0.4, -0.2) is 38.9 Å². The summed E-state index contributed by atoms with van der Waals surface area (Å²) in [6.45, 7) is 0. The number of rotatable bonds is 6. The molecule has 9 heteroatoms. The Morgan fingerprint density at radius 2 is 1.86 bits per heavy atom. The number of aromatic hydroxyl groups is 1. The van der Waals surface area contributed by atoms with Crippen LogP contribution in [0.3, 0.4) is 0 Å². The first-order valence-corrected chi connectivity index (χ1v) is 11.2. The maximum atomic E-state index is 11.1. The van der Waals surface area contributed by atoms with Crippen LogP contribution < -0.4 is 4.74 Å². The van der Waals surface area contributed by atoms with E-state index in [4.69, 9.17) is 19.2 Å². The zero-order chi connectivity index (χ0) is 24.5. The number of hydrogen-bond donors (Lipinski definition) is 2. The van der Waals surface area contributed by atoms with Gasteiger partial charge in [0.1, 0.15) is 22.9 Å². The normalized spacial score (nSPS) is 11.4. The zero-order valence-corrected chi connectivity index (χ0v) is 19.9. The number of carboxylic acids is 1. The van der Waals surface area contributed by atoms with E-state index in [2.05, 4.69) is 20.9 Å². The Kier molecular flexibility index (Phi) is 5.84. The lowest BCUT2D eigenvalue weighted by Gasteiger charge is -2.06. The summed E-state index contributed by atoms with van der Waals surface area (Å²) in [4.78, 5) is 20.5. The summed E-state index contributed by atoms with van der Waals surface area (Å²) < 4.78 is 13.9. The molecule has 2 aromatic carbocycles. The van der Waals surface area contributed by atoms with Gasteiger partial charge in [-0.2, -0.15) is 0 Å². The third kappa shape index (κ3) is 4.41. The molecule has 0 unspecified atom stereocenters. The molecule has 8 nitrogen and oxygen atoms in total. The van der Waals surface area contributed by atoms with Gasteiger partial charge in [-0.1, -0.05) is 12.1 Å². The van der Waals surface area contributed by atoms with Crippen LogP contribution in [0.5, 0.6) is 11.5 Å². The van der Waals surface area contributed by atoms with E-state index in [1.54, 1.807) is 48.7 Å². The van der Waals surface area contributed by atoms with Crippen LogP contribution >= 0.6 is 15.9 Å². The van der Waals surface area contributed by atoms with Crippen LogP contribution in [0.1, 0.15) is 16.1 Å². The molecule has 174 valence electrons. The fourth-order valence-electron chi connectivity index (χ4n) is 3.63. The maximum absolute atomic E-state index is 11.1. The highest BCUT2D eigenvalue weighted by molar-refractivity contribution is 9.10. The second kappa shape index (κ2) is 9.11. The minimum absolute atomic E-state index is 0.0345. The van der Waals surface area contributed by atoms with Crippen LogP contribution in [0.4, 0.5) is 5.82 Å².